The van der Waals surface area contributed by atoms with Crippen molar-refractivity contribution in [2.24, 2.45) is 0 Å². The topological polar surface area (TPSA) is 70.8 Å². The number of nitrogens with zero attached hydrogens (tertiary/aromatic N) is 1. The second-order valence-corrected chi connectivity index (χ2v) is 4.85. The fourth-order valence-electron chi connectivity index (χ4n) is 1.48. The van der Waals surface area contributed by atoms with E-state index in [0.717, 1.165) is 16.9 Å². The van der Waals surface area contributed by atoms with Crippen molar-refractivity contribution < 1.29 is 19.1 Å². The van der Waals surface area contributed by atoms with Crippen LogP contribution < -0.4 is 0 Å². The number of carboxylic acid groups (broad SMARTS) is 1. The number of carbonyl (C=O) groups excluding carboxylic acids is 1. The van der Waals surface area contributed by atoms with Crippen LogP contribution in [-0.2, 0) is 6.54 Å². The molecule has 0 aliphatic rings. The average molecular weight is 265 g/mol. The highest BCUT2D eigenvalue weighted by molar-refractivity contribution is 7.15. The fraction of sp³-hybridized carbons (Fsp3) is 0.167. The predicted molar refractivity (Wildman–Crippen MR) is 65.8 cm³/mol. The normalized spacial score (nSPS) is 10.3. The number of rotatable bonds is 4. The minimum absolute atomic E-state index is 0.162. The Morgan fingerprint density at radius 3 is 2.61 bits per heavy atom. The Bertz CT molecular complexity index is 558. The minimum atomic E-state index is -1.02. The van der Waals surface area contributed by atoms with Gasteiger partial charge in [0.05, 0.1) is 17.4 Å². The average Bonchev–Trinajstić information content (AvgIpc) is 2.98. The van der Waals surface area contributed by atoms with Crippen LogP contribution in [0.3, 0.4) is 0 Å². The molecule has 0 atom stereocenters. The van der Waals surface area contributed by atoms with Crippen molar-refractivity contribution in [3.8, 4) is 0 Å². The van der Waals surface area contributed by atoms with Gasteiger partial charge in [0.25, 0.3) is 5.91 Å². The van der Waals surface area contributed by atoms with E-state index in [1.807, 2.05) is 0 Å². The maximum absolute atomic E-state index is 12.0. The summed E-state index contributed by atoms with van der Waals surface area (Å²) >= 11 is 0.976. The Labute approximate surface area is 107 Å². The smallest absolute Gasteiger partial charge is 0.345 e. The summed E-state index contributed by atoms with van der Waals surface area (Å²) in [5.74, 6) is -1.22. The van der Waals surface area contributed by atoms with Gasteiger partial charge in [0.2, 0.25) is 0 Å². The van der Waals surface area contributed by atoms with Crippen molar-refractivity contribution in [2.75, 3.05) is 7.05 Å². The minimum Gasteiger partial charge on any atom is -0.477 e. The highest BCUT2D eigenvalue weighted by Crippen LogP contribution is 2.18. The number of carboxylic acids is 1. The zero-order valence-corrected chi connectivity index (χ0v) is 10.4. The van der Waals surface area contributed by atoms with Gasteiger partial charge in [-0.15, -0.1) is 11.3 Å². The van der Waals surface area contributed by atoms with E-state index in [9.17, 15) is 9.59 Å². The van der Waals surface area contributed by atoms with E-state index >= 15 is 0 Å². The maximum atomic E-state index is 12.0. The molecule has 0 unspecified atom stereocenters. The van der Waals surface area contributed by atoms with Crippen molar-refractivity contribution in [1.82, 2.24) is 4.90 Å². The molecule has 0 aliphatic heterocycles. The second kappa shape index (κ2) is 5.05. The van der Waals surface area contributed by atoms with Crippen LogP contribution >= 0.6 is 11.3 Å². The molecule has 1 amide bonds. The van der Waals surface area contributed by atoms with E-state index in [-0.39, 0.29) is 10.8 Å². The van der Waals surface area contributed by atoms with E-state index < -0.39 is 5.97 Å². The van der Waals surface area contributed by atoms with Gasteiger partial charge in [0.15, 0.2) is 0 Å². The molecule has 0 fully saturated rings. The first-order valence-electron chi connectivity index (χ1n) is 5.17. The van der Waals surface area contributed by atoms with Gasteiger partial charge in [-0.3, -0.25) is 4.79 Å². The van der Waals surface area contributed by atoms with Gasteiger partial charge in [0.1, 0.15) is 4.88 Å². The molecule has 0 aromatic carbocycles. The summed E-state index contributed by atoms with van der Waals surface area (Å²) in [6, 6.07) is 4.75. The molecule has 2 aromatic rings. The van der Waals surface area contributed by atoms with Crippen molar-refractivity contribution in [2.45, 2.75) is 6.54 Å². The van der Waals surface area contributed by atoms with E-state index in [1.54, 1.807) is 25.6 Å². The van der Waals surface area contributed by atoms with Crippen LogP contribution in [0.4, 0.5) is 0 Å². The lowest BCUT2D eigenvalue weighted by Gasteiger charge is -2.14. The van der Waals surface area contributed by atoms with Crippen LogP contribution in [0.5, 0.6) is 0 Å². The third-order valence-electron chi connectivity index (χ3n) is 2.37. The molecule has 5 nitrogen and oxygen atoms in total. The summed E-state index contributed by atoms with van der Waals surface area (Å²) in [6.07, 6.45) is 3.11. The zero-order chi connectivity index (χ0) is 13.1. The number of furan rings is 1. The van der Waals surface area contributed by atoms with Gasteiger partial charge in [0, 0.05) is 19.2 Å². The Hall–Kier alpha value is -2.08. The van der Waals surface area contributed by atoms with Crippen molar-refractivity contribution in [1.29, 1.82) is 0 Å². The van der Waals surface area contributed by atoms with Crippen LogP contribution in [-0.4, -0.2) is 28.9 Å². The second-order valence-electron chi connectivity index (χ2n) is 3.76. The Kier molecular flexibility index (Phi) is 3.47. The highest BCUT2D eigenvalue weighted by Gasteiger charge is 2.16. The summed E-state index contributed by atoms with van der Waals surface area (Å²) in [6.45, 7) is 0.426. The standard InChI is InChI=1S/C12H11NO4S/c1-13(6-8-4-5-17-7-8)11(14)9-2-3-10(18-9)12(15)16/h2-5,7H,6H2,1H3,(H,15,16). The number of hydrogen-bond acceptors (Lipinski definition) is 4. The first-order valence-corrected chi connectivity index (χ1v) is 5.99. The molecule has 0 spiro atoms. The molecule has 6 heteroatoms. The maximum Gasteiger partial charge on any atom is 0.345 e. The molecule has 0 saturated carbocycles. The molecule has 94 valence electrons. The summed E-state index contributed by atoms with van der Waals surface area (Å²) in [5.41, 5.74) is 0.890. The predicted octanol–water partition coefficient (Wildman–Crippen LogP) is 2.31. The molecule has 0 radical (unpaired) electrons. The Balaban J connectivity index is 2.08. The lowest BCUT2D eigenvalue weighted by molar-refractivity contribution is 0.0701. The van der Waals surface area contributed by atoms with E-state index in [2.05, 4.69) is 0 Å². The molecule has 0 aliphatic carbocycles. The van der Waals surface area contributed by atoms with Crippen LogP contribution in [0.1, 0.15) is 24.9 Å². The fourth-order valence-corrected chi connectivity index (χ4v) is 2.32. The number of amides is 1. The number of hydrogen-bond donors (Lipinski definition) is 1. The van der Waals surface area contributed by atoms with Gasteiger partial charge in [-0.25, -0.2) is 4.79 Å². The molecule has 1 N–H and O–H groups in total. The SMILES string of the molecule is CN(Cc1ccoc1)C(=O)c1ccc(C(=O)O)s1. The first kappa shape index (κ1) is 12.4. The highest BCUT2D eigenvalue weighted by atomic mass is 32.1. The summed E-state index contributed by atoms with van der Waals surface area (Å²) in [4.78, 5) is 24.8. The monoisotopic (exact) mass is 265 g/mol. The molecule has 2 aromatic heterocycles. The lowest BCUT2D eigenvalue weighted by Crippen LogP contribution is -2.25. The summed E-state index contributed by atoms with van der Waals surface area (Å²) in [7, 11) is 1.66. The number of aromatic carboxylic acids is 1. The molecule has 0 bridgehead atoms. The molecular weight excluding hydrogens is 254 g/mol. The molecule has 2 rings (SSSR count). The van der Waals surface area contributed by atoms with Crippen LogP contribution in [0.25, 0.3) is 0 Å². The Morgan fingerprint density at radius 1 is 1.33 bits per heavy atom. The van der Waals surface area contributed by atoms with Gasteiger partial charge < -0.3 is 14.4 Å². The third kappa shape index (κ3) is 2.60. The van der Waals surface area contributed by atoms with Crippen LogP contribution in [0, 0.1) is 0 Å². The van der Waals surface area contributed by atoms with Crippen LogP contribution in [0.15, 0.2) is 35.1 Å². The van der Waals surface area contributed by atoms with Crippen LogP contribution in [0.2, 0.25) is 0 Å². The number of carbonyl (C=O) groups is 2. The van der Waals surface area contributed by atoms with E-state index in [0.29, 0.717) is 11.4 Å². The van der Waals surface area contributed by atoms with Gasteiger partial charge in [-0.05, 0) is 18.2 Å². The zero-order valence-electron chi connectivity index (χ0n) is 9.62. The first-order chi connectivity index (χ1) is 8.58. The largest absolute Gasteiger partial charge is 0.477 e. The van der Waals surface area contributed by atoms with Crippen molar-refractivity contribution in [3.63, 3.8) is 0 Å². The quantitative estimate of drug-likeness (QED) is 0.920. The molecular formula is C12H11NO4S. The van der Waals surface area contributed by atoms with Gasteiger partial charge in [-0.1, -0.05) is 0 Å². The van der Waals surface area contributed by atoms with Crippen molar-refractivity contribution in [3.05, 3.63) is 46.0 Å². The Morgan fingerprint density at radius 2 is 2.06 bits per heavy atom. The molecule has 2 heterocycles. The molecule has 18 heavy (non-hydrogen) atoms. The summed E-state index contributed by atoms with van der Waals surface area (Å²) < 4.78 is 4.92. The summed E-state index contributed by atoms with van der Waals surface area (Å²) in [5, 5.41) is 8.80. The lowest BCUT2D eigenvalue weighted by atomic mass is 10.3. The number of thiophene rings is 1. The van der Waals surface area contributed by atoms with E-state index in [1.165, 1.54) is 17.0 Å². The van der Waals surface area contributed by atoms with Gasteiger partial charge >= 0.3 is 5.97 Å². The van der Waals surface area contributed by atoms with Gasteiger partial charge in [-0.2, -0.15) is 0 Å². The molecule has 0 saturated heterocycles. The third-order valence-corrected chi connectivity index (χ3v) is 3.44. The van der Waals surface area contributed by atoms with Crippen molar-refractivity contribution >= 4 is 23.2 Å². The van der Waals surface area contributed by atoms with E-state index in [4.69, 9.17) is 9.52 Å².